The number of anilines is 3. The van der Waals surface area contributed by atoms with Crippen LogP contribution in [0.1, 0.15) is 30.9 Å². The highest BCUT2D eigenvalue weighted by atomic mass is 32.2. The number of aliphatic hydroxyl groups excluding tert-OH is 1. The van der Waals surface area contributed by atoms with Crippen molar-refractivity contribution in [3.63, 3.8) is 0 Å². The van der Waals surface area contributed by atoms with E-state index in [0.717, 1.165) is 18.5 Å². The Hall–Kier alpha value is -2.00. The Labute approximate surface area is 153 Å². The lowest BCUT2D eigenvalue weighted by atomic mass is 10.2. The first-order chi connectivity index (χ1) is 12.4. The second-order valence-corrected chi connectivity index (χ2v) is 7.12. The predicted octanol–water partition coefficient (Wildman–Crippen LogP) is 4.50. The molecule has 0 amide bonds. The first kappa shape index (κ1) is 18.8. The molecule has 0 unspecified atom stereocenters. The molecule has 0 radical (unpaired) electrons. The van der Waals surface area contributed by atoms with Crippen LogP contribution in [0.3, 0.4) is 0 Å². The lowest BCUT2D eigenvalue weighted by molar-refractivity contribution is -0.0328. The molecule has 9 heteroatoms. The van der Waals surface area contributed by atoms with Crippen LogP contribution in [0.2, 0.25) is 0 Å². The summed E-state index contributed by atoms with van der Waals surface area (Å²) < 4.78 is 37.6. The van der Waals surface area contributed by atoms with E-state index in [-0.39, 0.29) is 23.3 Å². The Balaban J connectivity index is 1.77. The van der Waals surface area contributed by atoms with E-state index in [9.17, 15) is 13.2 Å². The number of rotatable bonds is 8. The van der Waals surface area contributed by atoms with Crippen molar-refractivity contribution >= 4 is 29.2 Å². The Kier molecular flexibility index (Phi) is 5.87. The van der Waals surface area contributed by atoms with E-state index in [4.69, 9.17) is 5.11 Å². The van der Waals surface area contributed by atoms with Gasteiger partial charge in [-0.05, 0) is 49.2 Å². The van der Waals surface area contributed by atoms with E-state index in [1.165, 1.54) is 12.1 Å². The molecule has 0 spiro atoms. The molecule has 140 valence electrons. The van der Waals surface area contributed by atoms with Gasteiger partial charge in [-0.25, -0.2) is 4.98 Å². The van der Waals surface area contributed by atoms with Crippen LogP contribution >= 0.6 is 11.8 Å². The molecule has 3 rings (SSSR count). The van der Waals surface area contributed by atoms with Crippen LogP contribution in [-0.2, 0) is 0 Å². The normalized spacial score (nSPS) is 14.3. The van der Waals surface area contributed by atoms with Crippen molar-refractivity contribution in [3.8, 4) is 0 Å². The third kappa shape index (κ3) is 5.77. The van der Waals surface area contributed by atoms with Crippen molar-refractivity contribution in [1.29, 1.82) is 0 Å². The number of aromatic nitrogens is 2. The Morgan fingerprint density at radius 3 is 2.69 bits per heavy atom. The van der Waals surface area contributed by atoms with Crippen LogP contribution in [0.5, 0.6) is 0 Å². The summed E-state index contributed by atoms with van der Waals surface area (Å²) in [4.78, 5) is 8.96. The van der Waals surface area contributed by atoms with Gasteiger partial charge in [0, 0.05) is 35.7 Å². The molecule has 0 atom stereocenters. The Bertz CT molecular complexity index is 753. The molecule has 26 heavy (non-hydrogen) atoms. The molecule has 5 nitrogen and oxygen atoms in total. The average molecular weight is 384 g/mol. The summed E-state index contributed by atoms with van der Waals surface area (Å²) in [6.45, 7) is 0.617. The van der Waals surface area contributed by atoms with E-state index >= 15 is 0 Å². The molecule has 1 aromatic heterocycles. The van der Waals surface area contributed by atoms with Crippen molar-refractivity contribution in [3.05, 3.63) is 36.0 Å². The van der Waals surface area contributed by atoms with Crippen LogP contribution in [0.15, 0.2) is 35.2 Å². The third-order valence-corrected chi connectivity index (χ3v) is 4.42. The third-order valence-electron chi connectivity index (χ3n) is 3.70. The second kappa shape index (κ2) is 8.13. The lowest BCUT2D eigenvalue weighted by Crippen LogP contribution is -2.09. The lowest BCUT2D eigenvalue weighted by Gasteiger charge is -2.12. The predicted molar refractivity (Wildman–Crippen MR) is 95.8 cm³/mol. The van der Waals surface area contributed by atoms with Crippen molar-refractivity contribution in [2.75, 3.05) is 23.8 Å². The van der Waals surface area contributed by atoms with Gasteiger partial charge >= 0.3 is 5.51 Å². The fourth-order valence-electron chi connectivity index (χ4n) is 2.40. The number of hydrogen-bond donors (Lipinski definition) is 3. The van der Waals surface area contributed by atoms with Crippen molar-refractivity contribution in [1.82, 2.24) is 9.97 Å². The maximum absolute atomic E-state index is 12.5. The number of thioether (sulfide) groups is 1. The molecule has 1 saturated carbocycles. The van der Waals surface area contributed by atoms with Crippen molar-refractivity contribution in [2.45, 2.75) is 35.6 Å². The van der Waals surface area contributed by atoms with Gasteiger partial charge < -0.3 is 15.7 Å². The summed E-state index contributed by atoms with van der Waals surface area (Å²) >= 11 is -0.149. The zero-order valence-corrected chi connectivity index (χ0v) is 14.7. The summed E-state index contributed by atoms with van der Waals surface area (Å²) in [5.41, 5.74) is -2.88. The molecular weight excluding hydrogens is 365 g/mol. The summed E-state index contributed by atoms with van der Waals surface area (Å²) in [5, 5.41) is 15.0. The fraction of sp³-hybridized carbons (Fsp3) is 0.412. The van der Waals surface area contributed by atoms with Gasteiger partial charge in [0.1, 0.15) is 5.82 Å². The topological polar surface area (TPSA) is 70.1 Å². The fourth-order valence-corrected chi connectivity index (χ4v) is 3.00. The molecule has 2 aromatic rings. The van der Waals surface area contributed by atoms with Crippen molar-refractivity contribution in [2.24, 2.45) is 0 Å². The van der Waals surface area contributed by atoms with Gasteiger partial charge in [0.25, 0.3) is 0 Å². The highest BCUT2D eigenvalue weighted by Gasteiger charge is 2.29. The summed E-state index contributed by atoms with van der Waals surface area (Å²) in [7, 11) is 0. The number of nitrogens with zero attached hydrogens (tertiary/aromatic N) is 2. The van der Waals surface area contributed by atoms with E-state index in [1.54, 1.807) is 12.1 Å². The molecule has 1 aromatic carbocycles. The molecule has 1 aliphatic rings. The summed E-state index contributed by atoms with van der Waals surface area (Å²) in [5.74, 6) is 1.39. The van der Waals surface area contributed by atoms with E-state index in [1.807, 2.05) is 6.07 Å². The molecule has 3 N–H and O–H groups in total. The minimum atomic E-state index is -4.32. The maximum Gasteiger partial charge on any atom is 0.446 e. The van der Waals surface area contributed by atoms with Gasteiger partial charge in [-0.2, -0.15) is 18.2 Å². The minimum absolute atomic E-state index is 0.0735. The standard InChI is InChI=1S/C17H19F3N4OS/c18-17(19,20)26-13-4-1-3-12(9-13)22-15-10-14(11-5-6-11)23-16(24-15)21-7-2-8-25/h1,3-4,9-11,25H,2,5-8H2,(H2,21,22,23,24). The van der Waals surface area contributed by atoms with Crippen LogP contribution in [0.25, 0.3) is 0 Å². The zero-order chi connectivity index (χ0) is 18.6. The van der Waals surface area contributed by atoms with E-state index in [2.05, 4.69) is 20.6 Å². The quantitative estimate of drug-likeness (QED) is 0.460. The molecular formula is C17H19F3N4OS. The van der Waals surface area contributed by atoms with Gasteiger partial charge in [0.05, 0.1) is 5.69 Å². The van der Waals surface area contributed by atoms with Gasteiger partial charge in [-0.3, -0.25) is 0 Å². The van der Waals surface area contributed by atoms with Gasteiger partial charge in [0.15, 0.2) is 0 Å². The first-order valence-corrected chi connectivity index (χ1v) is 9.11. The largest absolute Gasteiger partial charge is 0.446 e. The van der Waals surface area contributed by atoms with Crippen LogP contribution < -0.4 is 10.6 Å². The van der Waals surface area contributed by atoms with Crippen LogP contribution in [0, 0.1) is 0 Å². The van der Waals surface area contributed by atoms with E-state index < -0.39 is 5.51 Å². The SMILES string of the molecule is OCCCNc1nc(Nc2cccc(SC(F)(F)F)c2)cc(C2CC2)n1. The molecule has 1 aliphatic carbocycles. The summed E-state index contributed by atoms with van der Waals surface area (Å²) in [6, 6.07) is 7.95. The van der Waals surface area contributed by atoms with Crippen LogP contribution in [0.4, 0.5) is 30.6 Å². The van der Waals surface area contributed by atoms with Gasteiger partial charge in [-0.1, -0.05) is 6.07 Å². The zero-order valence-electron chi connectivity index (χ0n) is 13.9. The first-order valence-electron chi connectivity index (χ1n) is 8.29. The average Bonchev–Trinajstić information content (AvgIpc) is 3.38. The summed E-state index contributed by atoms with van der Waals surface area (Å²) in [6.07, 6.45) is 2.73. The smallest absolute Gasteiger partial charge is 0.396 e. The van der Waals surface area contributed by atoms with Gasteiger partial charge in [-0.15, -0.1) is 0 Å². The van der Waals surface area contributed by atoms with Crippen LogP contribution in [-0.4, -0.2) is 33.7 Å². The number of nitrogens with one attached hydrogen (secondary N) is 2. The number of aliphatic hydroxyl groups is 1. The van der Waals surface area contributed by atoms with Crippen molar-refractivity contribution < 1.29 is 18.3 Å². The molecule has 1 heterocycles. The minimum Gasteiger partial charge on any atom is -0.396 e. The Morgan fingerprint density at radius 1 is 1.19 bits per heavy atom. The maximum atomic E-state index is 12.5. The number of halogens is 3. The highest BCUT2D eigenvalue weighted by Crippen LogP contribution is 2.40. The molecule has 1 fully saturated rings. The number of benzene rings is 1. The molecule has 0 bridgehead atoms. The number of alkyl halides is 3. The van der Waals surface area contributed by atoms with E-state index in [0.29, 0.717) is 36.3 Å². The Morgan fingerprint density at radius 2 is 2.00 bits per heavy atom. The number of hydrogen-bond acceptors (Lipinski definition) is 6. The molecule has 0 saturated heterocycles. The molecule has 0 aliphatic heterocycles. The van der Waals surface area contributed by atoms with Gasteiger partial charge in [0.2, 0.25) is 5.95 Å². The highest BCUT2D eigenvalue weighted by molar-refractivity contribution is 8.00. The monoisotopic (exact) mass is 384 g/mol. The second-order valence-electron chi connectivity index (χ2n) is 5.98.